The van der Waals surface area contributed by atoms with Gasteiger partial charge in [0, 0.05) is 6.04 Å². The number of nitrogens with one attached hydrogen (secondary N) is 1. The summed E-state index contributed by atoms with van der Waals surface area (Å²) >= 11 is 0. The fraction of sp³-hybridized carbons (Fsp3) is 0.684. The number of hydrogen-bond acceptors (Lipinski definition) is 1. The van der Waals surface area contributed by atoms with E-state index in [0.29, 0.717) is 6.04 Å². The van der Waals surface area contributed by atoms with Gasteiger partial charge in [0.1, 0.15) is 0 Å². The minimum atomic E-state index is 0.568. The van der Waals surface area contributed by atoms with Crippen LogP contribution in [0.15, 0.2) is 24.3 Å². The second kappa shape index (κ2) is 7.83. The zero-order valence-electron chi connectivity index (χ0n) is 13.5. The number of benzene rings is 1. The Morgan fingerprint density at radius 3 is 2.45 bits per heavy atom. The number of hydrogen-bond donors (Lipinski definition) is 1. The van der Waals surface area contributed by atoms with Crippen molar-refractivity contribution in [1.29, 1.82) is 0 Å². The van der Waals surface area contributed by atoms with Gasteiger partial charge in [-0.3, -0.25) is 0 Å². The highest BCUT2D eigenvalue weighted by molar-refractivity contribution is 5.30. The summed E-state index contributed by atoms with van der Waals surface area (Å²) in [5.74, 6) is 1.75. The summed E-state index contributed by atoms with van der Waals surface area (Å²) in [5, 5.41) is 3.84. The van der Waals surface area contributed by atoms with Gasteiger partial charge in [-0.25, -0.2) is 0 Å². The number of rotatable bonds is 6. The Morgan fingerprint density at radius 2 is 1.80 bits per heavy atom. The van der Waals surface area contributed by atoms with Crippen LogP contribution in [-0.2, 0) is 6.42 Å². The van der Waals surface area contributed by atoms with Gasteiger partial charge < -0.3 is 5.32 Å². The van der Waals surface area contributed by atoms with Crippen LogP contribution in [0.25, 0.3) is 0 Å². The zero-order chi connectivity index (χ0) is 14.4. The third-order valence-corrected chi connectivity index (χ3v) is 4.92. The lowest BCUT2D eigenvalue weighted by atomic mass is 9.76. The molecular formula is C19H31N. The first kappa shape index (κ1) is 15.6. The highest BCUT2D eigenvalue weighted by Crippen LogP contribution is 2.37. The van der Waals surface area contributed by atoms with E-state index in [9.17, 15) is 0 Å². The van der Waals surface area contributed by atoms with Gasteiger partial charge in [0.25, 0.3) is 0 Å². The van der Waals surface area contributed by atoms with E-state index in [2.05, 4.69) is 50.4 Å². The minimum Gasteiger partial charge on any atom is -0.310 e. The molecule has 20 heavy (non-hydrogen) atoms. The Labute approximate surface area is 125 Å². The first-order chi connectivity index (χ1) is 9.76. The molecule has 0 aromatic heterocycles. The van der Waals surface area contributed by atoms with Crippen LogP contribution in [0.1, 0.15) is 70.0 Å². The molecule has 2 rings (SSSR count). The van der Waals surface area contributed by atoms with Crippen molar-refractivity contribution in [2.24, 2.45) is 11.8 Å². The summed E-state index contributed by atoms with van der Waals surface area (Å²) in [7, 11) is 0. The SMILES string of the molecule is CCCNC(c1ccccc1CC)C1CCC(C)CC1. The second-order valence-corrected chi connectivity index (χ2v) is 6.50. The molecule has 1 aromatic rings. The molecule has 1 aliphatic rings. The molecule has 1 fully saturated rings. The predicted molar refractivity (Wildman–Crippen MR) is 88.0 cm³/mol. The van der Waals surface area contributed by atoms with E-state index in [4.69, 9.17) is 0 Å². The van der Waals surface area contributed by atoms with Crippen molar-refractivity contribution in [2.45, 2.75) is 65.3 Å². The average molecular weight is 273 g/mol. The molecule has 1 atom stereocenters. The van der Waals surface area contributed by atoms with Crippen LogP contribution in [0, 0.1) is 11.8 Å². The molecule has 0 saturated heterocycles. The van der Waals surface area contributed by atoms with Crippen molar-refractivity contribution in [1.82, 2.24) is 5.32 Å². The maximum Gasteiger partial charge on any atom is 0.0351 e. The van der Waals surface area contributed by atoms with Gasteiger partial charge in [0.15, 0.2) is 0 Å². The Morgan fingerprint density at radius 1 is 1.10 bits per heavy atom. The summed E-state index contributed by atoms with van der Waals surface area (Å²) < 4.78 is 0. The van der Waals surface area contributed by atoms with E-state index >= 15 is 0 Å². The van der Waals surface area contributed by atoms with Gasteiger partial charge in [-0.15, -0.1) is 0 Å². The normalized spacial score (nSPS) is 24.6. The summed E-state index contributed by atoms with van der Waals surface area (Å²) in [6, 6.07) is 9.62. The molecule has 1 saturated carbocycles. The van der Waals surface area contributed by atoms with E-state index in [1.807, 2.05) is 0 Å². The Kier molecular flexibility index (Phi) is 6.09. The first-order valence-corrected chi connectivity index (χ1v) is 8.57. The summed E-state index contributed by atoms with van der Waals surface area (Å²) in [6.07, 6.45) is 7.95. The Bertz CT molecular complexity index is 391. The van der Waals surface area contributed by atoms with E-state index in [-0.39, 0.29) is 0 Å². The lowest BCUT2D eigenvalue weighted by molar-refractivity contribution is 0.231. The fourth-order valence-corrected chi connectivity index (χ4v) is 3.61. The van der Waals surface area contributed by atoms with E-state index < -0.39 is 0 Å². The average Bonchev–Trinajstić information content (AvgIpc) is 2.50. The summed E-state index contributed by atoms with van der Waals surface area (Å²) in [6.45, 7) is 8.08. The molecule has 0 heterocycles. The van der Waals surface area contributed by atoms with Gasteiger partial charge in [-0.05, 0) is 55.2 Å². The van der Waals surface area contributed by atoms with Crippen molar-refractivity contribution in [3.05, 3.63) is 35.4 Å². The second-order valence-electron chi connectivity index (χ2n) is 6.50. The topological polar surface area (TPSA) is 12.0 Å². The van der Waals surface area contributed by atoms with Crippen molar-refractivity contribution in [3.63, 3.8) is 0 Å². The van der Waals surface area contributed by atoms with Crippen LogP contribution >= 0.6 is 0 Å². The van der Waals surface area contributed by atoms with Gasteiger partial charge in [-0.2, -0.15) is 0 Å². The highest BCUT2D eigenvalue weighted by atomic mass is 14.9. The van der Waals surface area contributed by atoms with Crippen molar-refractivity contribution in [3.8, 4) is 0 Å². The summed E-state index contributed by atoms with van der Waals surface area (Å²) in [5.41, 5.74) is 3.09. The van der Waals surface area contributed by atoms with Gasteiger partial charge in [0.05, 0.1) is 0 Å². The van der Waals surface area contributed by atoms with E-state index in [1.165, 1.54) is 37.7 Å². The van der Waals surface area contributed by atoms with Crippen LogP contribution in [0.5, 0.6) is 0 Å². The van der Waals surface area contributed by atoms with Crippen LogP contribution in [-0.4, -0.2) is 6.54 Å². The van der Waals surface area contributed by atoms with Crippen molar-refractivity contribution in [2.75, 3.05) is 6.54 Å². The molecule has 1 nitrogen and oxygen atoms in total. The van der Waals surface area contributed by atoms with Gasteiger partial charge in [0.2, 0.25) is 0 Å². The Balaban J connectivity index is 2.18. The molecule has 1 unspecified atom stereocenters. The zero-order valence-corrected chi connectivity index (χ0v) is 13.5. The van der Waals surface area contributed by atoms with Crippen LogP contribution in [0.2, 0.25) is 0 Å². The molecule has 112 valence electrons. The Hall–Kier alpha value is -0.820. The molecular weight excluding hydrogens is 242 g/mol. The minimum absolute atomic E-state index is 0.568. The molecule has 0 bridgehead atoms. The molecule has 0 amide bonds. The van der Waals surface area contributed by atoms with Gasteiger partial charge >= 0.3 is 0 Å². The monoisotopic (exact) mass is 273 g/mol. The highest BCUT2D eigenvalue weighted by Gasteiger charge is 2.27. The van der Waals surface area contributed by atoms with E-state index in [1.54, 1.807) is 5.56 Å². The van der Waals surface area contributed by atoms with E-state index in [0.717, 1.165) is 24.8 Å². The van der Waals surface area contributed by atoms with Crippen LogP contribution in [0.4, 0.5) is 0 Å². The van der Waals surface area contributed by atoms with Crippen molar-refractivity contribution >= 4 is 0 Å². The first-order valence-electron chi connectivity index (χ1n) is 8.57. The maximum absolute atomic E-state index is 3.84. The summed E-state index contributed by atoms with van der Waals surface area (Å²) in [4.78, 5) is 0. The molecule has 0 spiro atoms. The van der Waals surface area contributed by atoms with Crippen LogP contribution in [0.3, 0.4) is 0 Å². The molecule has 0 aliphatic heterocycles. The predicted octanol–water partition coefficient (Wildman–Crippen LogP) is 5.12. The molecule has 0 radical (unpaired) electrons. The smallest absolute Gasteiger partial charge is 0.0351 e. The van der Waals surface area contributed by atoms with Crippen LogP contribution < -0.4 is 5.32 Å². The maximum atomic E-state index is 3.84. The molecule has 1 aliphatic carbocycles. The standard InChI is InChI=1S/C19H31N/c1-4-14-20-19(17-12-10-15(3)11-13-17)18-9-7-6-8-16(18)5-2/h6-9,15,17,19-20H,4-5,10-14H2,1-3H3. The quantitative estimate of drug-likeness (QED) is 0.759. The molecule has 1 heteroatoms. The third-order valence-electron chi connectivity index (χ3n) is 4.92. The lowest BCUT2D eigenvalue weighted by Gasteiger charge is -2.34. The van der Waals surface area contributed by atoms with Gasteiger partial charge in [-0.1, -0.05) is 57.9 Å². The largest absolute Gasteiger partial charge is 0.310 e. The third kappa shape index (κ3) is 3.85. The number of aryl methyl sites for hydroxylation is 1. The van der Waals surface area contributed by atoms with Crippen molar-refractivity contribution < 1.29 is 0 Å². The fourth-order valence-electron chi connectivity index (χ4n) is 3.61. The molecule has 1 aromatic carbocycles. The lowest BCUT2D eigenvalue weighted by Crippen LogP contribution is -2.32. The molecule has 1 N–H and O–H groups in total.